The third kappa shape index (κ3) is 2.54. The number of benzene rings is 3. The second-order valence-corrected chi connectivity index (χ2v) is 6.01. The van der Waals surface area contributed by atoms with Gasteiger partial charge in [-0.15, -0.1) is 0 Å². The molecule has 6 heteroatoms. The van der Waals surface area contributed by atoms with Crippen molar-refractivity contribution in [2.24, 2.45) is 0 Å². The molecule has 0 aliphatic carbocycles. The monoisotopic (exact) mass is 357 g/mol. The second-order valence-electron chi connectivity index (χ2n) is 6.01. The van der Waals surface area contributed by atoms with Gasteiger partial charge in [0.15, 0.2) is 0 Å². The fraction of sp³-hybridized carbons (Fsp3) is 0.100. The molecule has 3 nitrogen and oxygen atoms in total. The van der Waals surface area contributed by atoms with Crippen molar-refractivity contribution in [1.29, 1.82) is 0 Å². The highest BCUT2D eigenvalue weighted by atomic mass is 19.4. The van der Waals surface area contributed by atoms with E-state index < -0.39 is 11.7 Å². The lowest BCUT2D eigenvalue weighted by Gasteiger charge is -2.11. The van der Waals surface area contributed by atoms with Crippen LogP contribution in [-0.2, 0) is 6.18 Å². The standard InChI is InChI=1S/C20H14F3NO2/c1-26-13-5-2-11-3-7-18(25)19(15(11)9-13)16-10-24-17-8-12(20(21,22)23)4-6-14(16)17/h2-10,24-25H,1H3. The fourth-order valence-electron chi connectivity index (χ4n) is 3.21. The molecular weight excluding hydrogens is 343 g/mol. The Morgan fingerprint density at radius 1 is 0.962 bits per heavy atom. The Labute approximate surface area is 146 Å². The molecule has 0 aliphatic heterocycles. The third-order valence-corrected chi connectivity index (χ3v) is 4.49. The summed E-state index contributed by atoms with van der Waals surface area (Å²) in [6.07, 6.45) is -2.80. The van der Waals surface area contributed by atoms with Gasteiger partial charge in [0, 0.05) is 28.2 Å². The zero-order chi connectivity index (χ0) is 18.5. The molecule has 0 bridgehead atoms. The number of fused-ring (bicyclic) bond motifs is 2. The lowest BCUT2D eigenvalue weighted by atomic mass is 9.96. The van der Waals surface area contributed by atoms with E-state index in [9.17, 15) is 18.3 Å². The maximum Gasteiger partial charge on any atom is 0.416 e. The predicted molar refractivity (Wildman–Crippen MR) is 94.5 cm³/mol. The molecule has 0 aliphatic rings. The lowest BCUT2D eigenvalue weighted by Crippen LogP contribution is -2.04. The van der Waals surface area contributed by atoms with Gasteiger partial charge in [-0.25, -0.2) is 0 Å². The van der Waals surface area contributed by atoms with Crippen LogP contribution in [0.1, 0.15) is 5.56 Å². The van der Waals surface area contributed by atoms with Gasteiger partial charge >= 0.3 is 6.18 Å². The summed E-state index contributed by atoms with van der Waals surface area (Å²) in [6, 6.07) is 12.4. The van der Waals surface area contributed by atoms with Gasteiger partial charge in [0.25, 0.3) is 0 Å². The van der Waals surface area contributed by atoms with Crippen molar-refractivity contribution in [1.82, 2.24) is 4.98 Å². The van der Waals surface area contributed by atoms with Gasteiger partial charge in [-0.3, -0.25) is 0 Å². The van der Waals surface area contributed by atoms with Crippen LogP contribution in [0.15, 0.2) is 54.7 Å². The Hall–Kier alpha value is -3.15. The first-order chi connectivity index (χ1) is 12.4. The molecule has 0 amide bonds. The minimum atomic E-state index is -4.41. The van der Waals surface area contributed by atoms with E-state index in [1.807, 2.05) is 12.1 Å². The van der Waals surface area contributed by atoms with Crippen LogP contribution < -0.4 is 4.74 Å². The van der Waals surface area contributed by atoms with Crippen molar-refractivity contribution in [3.63, 3.8) is 0 Å². The lowest BCUT2D eigenvalue weighted by molar-refractivity contribution is -0.137. The number of rotatable bonds is 2. The van der Waals surface area contributed by atoms with Crippen LogP contribution in [-0.4, -0.2) is 17.2 Å². The molecule has 0 saturated heterocycles. The Morgan fingerprint density at radius 2 is 1.73 bits per heavy atom. The summed E-state index contributed by atoms with van der Waals surface area (Å²) in [5.41, 5.74) is 0.814. The number of H-pyrrole nitrogens is 1. The zero-order valence-electron chi connectivity index (χ0n) is 13.7. The Morgan fingerprint density at radius 3 is 2.46 bits per heavy atom. The summed E-state index contributed by atoms with van der Waals surface area (Å²) in [7, 11) is 1.55. The number of aromatic amines is 1. The van der Waals surface area contributed by atoms with Gasteiger partial charge in [0.05, 0.1) is 12.7 Å². The smallest absolute Gasteiger partial charge is 0.416 e. The number of aromatic hydroxyl groups is 1. The first kappa shape index (κ1) is 16.3. The molecule has 26 heavy (non-hydrogen) atoms. The number of nitrogens with one attached hydrogen (secondary N) is 1. The number of phenolic OH excluding ortho intramolecular Hbond substituents is 1. The first-order valence-corrected chi connectivity index (χ1v) is 7.87. The molecule has 0 atom stereocenters. The van der Waals surface area contributed by atoms with E-state index in [-0.39, 0.29) is 5.75 Å². The number of alkyl halides is 3. The molecule has 4 rings (SSSR count). The topological polar surface area (TPSA) is 45.2 Å². The number of aromatic nitrogens is 1. The number of methoxy groups -OCH3 is 1. The van der Waals surface area contributed by atoms with Crippen molar-refractivity contribution in [3.8, 4) is 22.6 Å². The normalized spacial score (nSPS) is 12.0. The molecule has 0 unspecified atom stereocenters. The highest BCUT2D eigenvalue weighted by Crippen LogP contribution is 2.42. The molecule has 1 aromatic heterocycles. The zero-order valence-corrected chi connectivity index (χ0v) is 13.7. The van der Waals surface area contributed by atoms with Crippen LogP contribution in [0.25, 0.3) is 32.8 Å². The second kappa shape index (κ2) is 5.69. The first-order valence-electron chi connectivity index (χ1n) is 7.87. The van der Waals surface area contributed by atoms with E-state index in [0.29, 0.717) is 27.8 Å². The van der Waals surface area contributed by atoms with Crippen molar-refractivity contribution in [2.75, 3.05) is 7.11 Å². The quantitative estimate of drug-likeness (QED) is 0.482. The minimum absolute atomic E-state index is 0.0477. The molecule has 3 aromatic carbocycles. The van der Waals surface area contributed by atoms with Crippen LogP contribution in [0.4, 0.5) is 13.2 Å². The average Bonchev–Trinajstić information content (AvgIpc) is 3.03. The van der Waals surface area contributed by atoms with Crippen LogP contribution in [0.5, 0.6) is 11.5 Å². The molecule has 4 aromatic rings. The number of phenols is 1. The SMILES string of the molecule is COc1ccc2ccc(O)c(-c3c[nH]c4cc(C(F)(F)F)ccc34)c2c1. The molecule has 1 heterocycles. The molecule has 2 N–H and O–H groups in total. The van der Waals surface area contributed by atoms with E-state index in [1.54, 1.807) is 31.5 Å². The van der Waals surface area contributed by atoms with Crippen LogP contribution in [0.3, 0.4) is 0 Å². The van der Waals surface area contributed by atoms with Crippen molar-refractivity contribution in [3.05, 3.63) is 60.3 Å². The van der Waals surface area contributed by atoms with E-state index >= 15 is 0 Å². The molecular formula is C20H14F3NO2. The number of ether oxygens (including phenoxy) is 1. The molecule has 0 saturated carbocycles. The van der Waals surface area contributed by atoms with E-state index in [4.69, 9.17) is 4.74 Å². The van der Waals surface area contributed by atoms with E-state index in [0.717, 1.165) is 22.9 Å². The van der Waals surface area contributed by atoms with Gasteiger partial charge < -0.3 is 14.8 Å². The third-order valence-electron chi connectivity index (χ3n) is 4.49. The van der Waals surface area contributed by atoms with E-state index in [2.05, 4.69) is 4.98 Å². The van der Waals surface area contributed by atoms with Crippen LogP contribution in [0, 0.1) is 0 Å². The summed E-state index contributed by atoms with van der Waals surface area (Å²) in [6.45, 7) is 0. The Kier molecular flexibility index (Phi) is 3.57. The fourth-order valence-corrected chi connectivity index (χ4v) is 3.21. The van der Waals surface area contributed by atoms with Gasteiger partial charge in [-0.1, -0.05) is 18.2 Å². The van der Waals surface area contributed by atoms with Gasteiger partial charge in [0.1, 0.15) is 11.5 Å². The maximum atomic E-state index is 12.9. The van der Waals surface area contributed by atoms with Crippen LogP contribution >= 0.6 is 0 Å². The maximum absolute atomic E-state index is 12.9. The summed E-state index contributed by atoms with van der Waals surface area (Å²) < 4.78 is 44.1. The number of halogens is 3. The molecule has 132 valence electrons. The van der Waals surface area contributed by atoms with Crippen molar-refractivity contribution in [2.45, 2.75) is 6.18 Å². The van der Waals surface area contributed by atoms with Crippen molar-refractivity contribution < 1.29 is 23.0 Å². The van der Waals surface area contributed by atoms with E-state index in [1.165, 1.54) is 6.07 Å². The summed E-state index contributed by atoms with van der Waals surface area (Å²) >= 11 is 0. The summed E-state index contributed by atoms with van der Waals surface area (Å²) in [5.74, 6) is 0.676. The number of hydrogen-bond donors (Lipinski definition) is 2. The highest BCUT2D eigenvalue weighted by molar-refractivity contribution is 6.07. The average molecular weight is 357 g/mol. The van der Waals surface area contributed by atoms with Crippen LogP contribution in [0.2, 0.25) is 0 Å². The largest absolute Gasteiger partial charge is 0.507 e. The Bertz CT molecular complexity index is 1130. The predicted octanol–water partition coefficient (Wildman–Crippen LogP) is 5.72. The highest BCUT2D eigenvalue weighted by Gasteiger charge is 2.30. The Balaban J connectivity index is 1.99. The minimum Gasteiger partial charge on any atom is -0.507 e. The molecule has 0 radical (unpaired) electrons. The summed E-state index contributed by atoms with van der Waals surface area (Å²) in [4.78, 5) is 2.88. The van der Waals surface area contributed by atoms with Gasteiger partial charge in [-0.2, -0.15) is 13.2 Å². The van der Waals surface area contributed by atoms with Gasteiger partial charge in [0.2, 0.25) is 0 Å². The molecule has 0 spiro atoms. The number of hydrogen-bond acceptors (Lipinski definition) is 2. The summed E-state index contributed by atoms with van der Waals surface area (Å²) in [5, 5.41) is 12.7. The van der Waals surface area contributed by atoms with Crippen molar-refractivity contribution >= 4 is 21.7 Å². The molecule has 0 fully saturated rings. The van der Waals surface area contributed by atoms with Gasteiger partial charge in [-0.05, 0) is 41.1 Å².